The van der Waals surface area contributed by atoms with Gasteiger partial charge in [0, 0.05) is 18.3 Å². The van der Waals surface area contributed by atoms with Gasteiger partial charge in [0.15, 0.2) is 0 Å². The molecule has 1 saturated carbocycles. The van der Waals surface area contributed by atoms with Gasteiger partial charge in [-0.25, -0.2) is 0 Å². The maximum absolute atomic E-state index is 11.5. The zero-order chi connectivity index (χ0) is 13.4. The van der Waals surface area contributed by atoms with E-state index in [1.165, 1.54) is 12.5 Å². The van der Waals surface area contributed by atoms with Crippen LogP contribution >= 0.6 is 0 Å². The van der Waals surface area contributed by atoms with Gasteiger partial charge < -0.3 is 4.74 Å². The Balaban J connectivity index is 2.32. The summed E-state index contributed by atoms with van der Waals surface area (Å²) in [5, 5.41) is 0. The molecular weight excluding hydrogens is 224 g/mol. The van der Waals surface area contributed by atoms with E-state index in [-0.39, 0.29) is 17.0 Å². The molecule has 0 aromatic rings. The molecule has 0 saturated heterocycles. The van der Waals surface area contributed by atoms with Gasteiger partial charge in [0.2, 0.25) is 0 Å². The fraction of sp³-hybridized carbons (Fsp3) is 0.688. The second kappa shape index (κ2) is 4.56. The minimum absolute atomic E-state index is 0.0600. The van der Waals surface area contributed by atoms with E-state index < -0.39 is 0 Å². The number of carbonyl (C=O) groups excluding carboxylic acids is 1. The first kappa shape index (κ1) is 13.4. The molecule has 18 heavy (non-hydrogen) atoms. The van der Waals surface area contributed by atoms with Gasteiger partial charge in [0.05, 0.1) is 0 Å². The minimum Gasteiger partial charge on any atom is -0.458 e. The molecule has 2 aliphatic rings. The minimum atomic E-state index is -0.329. The molecule has 0 amide bonds. The first-order valence-corrected chi connectivity index (χ1v) is 6.91. The van der Waals surface area contributed by atoms with Crippen LogP contribution in [0.3, 0.4) is 0 Å². The molecule has 0 bridgehead atoms. The lowest BCUT2D eigenvalue weighted by Crippen LogP contribution is -2.64. The van der Waals surface area contributed by atoms with Crippen LogP contribution < -0.4 is 0 Å². The maximum Gasteiger partial charge on any atom is 0.303 e. The molecule has 2 atom stereocenters. The largest absolute Gasteiger partial charge is 0.458 e. The predicted octanol–water partition coefficient (Wildman–Crippen LogP) is 4.02. The Morgan fingerprint density at radius 2 is 2.06 bits per heavy atom. The normalized spacial score (nSPS) is 36.4. The van der Waals surface area contributed by atoms with Crippen LogP contribution in [-0.4, -0.2) is 11.6 Å². The van der Waals surface area contributed by atoms with Crippen molar-refractivity contribution >= 4 is 5.97 Å². The number of carbonyl (C=O) groups is 1. The molecule has 2 heteroatoms. The van der Waals surface area contributed by atoms with Crippen LogP contribution in [0.15, 0.2) is 24.3 Å². The van der Waals surface area contributed by atoms with Gasteiger partial charge in [-0.15, -0.1) is 0 Å². The Morgan fingerprint density at radius 3 is 2.67 bits per heavy atom. The highest BCUT2D eigenvalue weighted by Crippen LogP contribution is 2.61. The molecule has 2 unspecified atom stereocenters. The highest BCUT2D eigenvalue weighted by Gasteiger charge is 2.62. The standard InChI is InChI=1S/C16H24O2/c1-12-9-7-5-6-8-10-16(18-13(2)17)14(12)11-15(16,3)4/h5-6,14H,1,7-11H2,2-4H3/b6-5-. The van der Waals surface area contributed by atoms with Gasteiger partial charge in [-0.2, -0.15) is 0 Å². The van der Waals surface area contributed by atoms with E-state index in [2.05, 4.69) is 32.6 Å². The number of allylic oxidation sites excluding steroid dienone is 2. The summed E-state index contributed by atoms with van der Waals surface area (Å²) < 4.78 is 5.82. The Bertz CT molecular complexity index is 392. The predicted molar refractivity (Wildman–Crippen MR) is 73.1 cm³/mol. The maximum atomic E-state index is 11.5. The number of esters is 1. The van der Waals surface area contributed by atoms with Gasteiger partial charge in [-0.3, -0.25) is 4.79 Å². The molecule has 0 heterocycles. The molecule has 2 aliphatic carbocycles. The van der Waals surface area contributed by atoms with Crippen LogP contribution in [0.1, 0.15) is 52.9 Å². The van der Waals surface area contributed by atoms with E-state index in [1.807, 2.05) is 0 Å². The Hall–Kier alpha value is -1.05. The molecule has 0 aromatic carbocycles. The lowest BCUT2D eigenvalue weighted by atomic mass is 9.48. The summed E-state index contributed by atoms with van der Waals surface area (Å²) in [6, 6.07) is 0. The summed E-state index contributed by atoms with van der Waals surface area (Å²) in [4.78, 5) is 11.5. The molecule has 0 N–H and O–H groups in total. The van der Waals surface area contributed by atoms with Gasteiger partial charge in [0.1, 0.15) is 5.60 Å². The number of fused-ring (bicyclic) bond motifs is 1. The molecular formula is C16H24O2. The molecule has 2 rings (SSSR count). The quantitative estimate of drug-likeness (QED) is 0.517. The van der Waals surface area contributed by atoms with Crippen molar-refractivity contribution in [2.24, 2.45) is 11.3 Å². The molecule has 0 aromatic heterocycles. The Morgan fingerprint density at radius 1 is 1.39 bits per heavy atom. The highest BCUT2D eigenvalue weighted by molar-refractivity contribution is 5.67. The lowest BCUT2D eigenvalue weighted by molar-refractivity contribution is -0.223. The van der Waals surface area contributed by atoms with Crippen LogP contribution in [0.5, 0.6) is 0 Å². The van der Waals surface area contributed by atoms with Crippen molar-refractivity contribution in [1.29, 1.82) is 0 Å². The van der Waals surface area contributed by atoms with Gasteiger partial charge in [-0.05, 0) is 32.1 Å². The summed E-state index contributed by atoms with van der Waals surface area (Å²) in [6.07, 6.45) is 9.51. The average Bonchev–Trinajstić information content (AvgIpc) is 2.32. The van der Waals surface area contributed by atoms with Crippen molar-refractivity contribution in [3.8, 4) is 0 Å². The smallest absolute Gasteiger partial charge is 0.303 e. The third-order valence-corrected chi connectivity index (χ3v) is 4.72. The zero-order valence-electron chi connectivity index (χ0n) is 11.8. The van der Waals surface area contributed by atoms with Crippen molar-refractivity contribution in [1.82, 2.24) is 0 Å². The second-order valence-electron chi connectivity index (χ2n) is 6.33. The van der Waals surface area contributed by atoms with Crippen molar-refractivity contribution in [2.45, 2.75) is 58.5 Å². The van der Waals surface area contributed by atoms with Gasteiger partial charge >= 0.3 is 5.97 Å². The Kier molecular flexibility index (Phi) is 3.39. The molecule has 0 radical (unpaired) electrons. The molecule has 100 valence electrons. The van der Waals surface area contributed by atoms with Crippen LogP contribution in [0.25, 0.3) is 0 Å². The lowest BCUT2D eigenvalue weighted by Gasteiger charge is -2.61. The van der Waals surface area contributed by atoms with E-state index in [1.54, 1.807) is 0 Å². The Labute approximate surface area is 110 Å². The number of hydrogen-bond acceptors (Lipinski definition) is 2. The molecule has 0 aliphatic heterocycles. The van der Waals surface area contributed by atoms with E-state index in [0.717, 1.165) is 32.1 Å². The van der Waals surface area contributed by atoms with Crippen LogP contribution in [0, 0.1) is 11.3 Å². The first-order chi connectivity index (χ1) is 8.39. The van der Waals surface area contributed by atoms with Crippen molar-refractivity contribution < 1.29 is 9.53 Å². The van der Waals surface area contributed by atoms with Crippen molar-refractivity contribution in [3.05, 3.63) is 24.3 Å². The van der Waals surface area contributed by atoms with E-state index in [9.17, 15) is 4.79 Å². The highest BCUT2D eigenvalue weighted by atomic mass is 16.6. The third kappa shape index (κ3) is 2.02. The fourth-order valence-corrected chi connectivity index (χ4v) is 3.67. The zero-order valence-corrected chi connectivity index (χ0v) is 11.8. The molecule has 0 spiro atoms. The summed E-state index contributed by atoms with van der Waals surface area (Å²) in [7, 11) is 0. The molecule has 2 nitrogen and oxygen atoms in total. The summed E-state index contributed by atoms with van der Waals surface area (Å²) >= 11 is 0. The number of hydrogen-bond donors (Lipinski definition) is 0. The van der Waals surface area contributed by atoms with Crippen molar-refractivity contribution in [2.75, 3.05) is 0 Å². The van der Waals surface area contributed by atoms with E-state index in [4.69, 9.17) is 4.74 Å². The second-order valence-corrected chi connectivity index (χ2v) is 6.33. The van der Waals surface area contributed by atoms with Crippen LogP contribution in [0.2, 0.25) is 0 Å². The number of rotatable bonds is 1. The van der Waals surface area contributed by atoms with E-state index >= 15 is 0 Å². The van der Waals surface area contributed by atoms with E-state index in [0.29, 0.717) is 5.92 Å². The SMILES string of the molecule is C=C1CC/C=C\CCC2(OC(C)=O)C1CC2(C)C. The number of ether oxygens (including phenoxy) is 1. The third-order valence-electron chi connectivity index (χ3n) is 4.72. The summed E-state index contributed by atoms with van der Waals surface area (Å²) in [6.45, 7) is 10.2. The monoisotopic (exact) mass is 248 g/mol. The fourth-order valence-electron chi connectivity index (χ4n) is 3.67. The van der Waals surface area contributed by atoms with Crippen molar-refractivity contribution in [3.63, 3.8) is 0 Å². The molecule has 1 fully saturated rings. The van der Waals surface area contributed by atoms with Gasteiger partial charge in [-0.1, -0.05) is 38.2 Å². The topological polar surface area (TPSA) is 26.3 Å². The van der Waals surface area contributed by atoms with Crippen LogP contribution in [-0.2, 0) is 9.53 Å². The van der Waals surface area contributed by atoms with Crippen LogP contribution in [0.4, 0.5) is 0 Å². The average molecular weight is 248 g/mol. The first-order valence-electron chi connectivity index (χ1n) is 6.91. The summed E-state index contributed by atoms with van der Waals surface area (Å²) in [5.74, 6) is 0.181. The van der Waals surface area contributed by atoms with Gasteiger partial charge in [0.25, 0.3) is 0 Å². The summed E-state index contributed by atoms with van der Waals surface area (Å²) in [5.41, 5.74) is 0.983.